The second kappa shape index (κ2) is 9.58. The van der Waals surface area contributed by atoms with Gasteiger partial charge >= 0.3 is 0 Å². The molecule has 0 aliphatic carbocycles. The number of likely N-dealkylation sites (tertiary alicyclic amines) is 1. The molecule has 2 N–H and O–H groups in total. The number of aliphatic hydroxyl groups is 1. The maximum absolute atomic E-state index is 12.7. The van der Waals surface area contributed by atoms with Crippen molar-refractivity contribution >= 4 is 11.6 Å². The van der Waals surface area contributed by atoms with Crippen LogP contribution in [0.25, 0.3) is 0 Å². The fraction of sp³-hybridized carbons (Fsp3) is 0.500. The quantitative estimate of drug-likeness (QED) is 0.796. The molecule has 0 bridgehead atoms. The topological polar surface area (TPSA) is 68.7 Å². The molecule has 0 spiro atoms. The number of piperidine rings is 2. The summed E-state index contributed by atoms with van der Waals surface area (Å²) in [5.41, 5.74) is 4.03. The van der Waals surface area contributed by atoms with Crippen LogP contribution in [0.15, 0.2) is 42.5 Å². The number of hydrogen-bond donors (Lipinski definition) is 2. The number of carbonyl (C=O) groups is 1. The Morgan fingerprint density at radius 1 is 1.10 bits per heavy atom. The minimum absolute atomic E-state index is 0.0213. The number of nitrogens with one attached hydrogen (secondary N) is 1. The summed E-state index contributed by atoms with van der Waals surface area (Å²) >= 11 is 0. The van der Waals surface area contributed by atoms with E-state index in [0.29, 0.717) is 18.2 Å². The minimum Gasteiger partial charge on any atom is -0.391 e. The number of hydrogen-bond acceptors (Lipinski definition) is 5. The summed E-state index contributed by atoms with van der Waals surface area (Å²) in [4.78, 5) is 21.4. The van der Waals surface area contributed by atoms with Crippen LogP contribution in [-0.2, 0) is 6.54 Å². The molecule has 1 amide bonds. The Balaban J connectivity index is 1.27. The third-order valence-corrected chi connectivity index (χ3v) is 6.18. The Morgan fingerprint density at radius 2 is 1.87 bits per heavy atom. The van der Waals surface area contributed by atoms with Gasteiger partial charge in [0.25, 0.3) is 5.91 Å². The second-order valence-corrected chi connectivity index (χ2v) is 8.51. The molecule has 2 aliphatic rings. The van der Waals surface area contributed by atoms with E-state index >= 15 is 0 Å². The van der Waals surface area contributed by atoms with Gasteiger partial charge in [-0.05, 0) is 69.0 Å². The van der Waals surface area contributed by atoms with Crippen LogP contribution in [0.4, 0.5) is 5.69 Å². The van der Waals surface area contributed by atoms with Crippen LogP contribution < -0.4 is 10.2 Å². The highest BCUT2D eigenvalue weighted by Gasteiger charge is 2.24. The summed E-state index contributed by atoms with van der Waals surface area (Å²) < 4.78 is 0. The van der Waals surface area contributed by atoms with Gasteiger partial charge in [-0.25, -0.2) is 0 Å². The zero-order valence-electron chi connectivity index (χ0n) is 17.8. The van der Waals surface area contributed by atoms with Crippen molar-refractivity contribution in [1.29, 1.82) is 0 Å². The molecule has 2 aliphatic heterocycles. The van der Waals surface area contributed by atoms with E-state index < -0.39 is 6.10 Å². The highest BCUT2D eigenvalue weighted by Crippen LogP contribution is 2.22. The van der Waals surface area contributed by atoms with E-state index in [1.54, 1.807) is 4.90 Å². The number of aliphatic hydroxyl groups excluding tert-OH is 1. The summed E-state index contributed by atoms with van der Waals surface area (Å²) in [5, 5.41) is 13.5. The molecule has 0 radical (unpaired) electrons. The largest absolute Gasteiger partial charge is 0.391 e. The minimum atomic E-state index is -0.390. The van der Waals surface area contributed by atoms with E-state index in [4.69, 9.17) is 0 Å². The molecular weight excluding hydrogens is 376 g/mol. The van der Waals surface area contributed by atoms with Crippen molar-refractivity contribution in [3.05, 3.63) is 59.4 Å². The molecule has 2 saturated heterocycles. The molecule has 160 valence electrons. The first-order chi connectivity index (χ1) is 14.6. The third kappa shape index (κ3) is 5.18. The molecule has 1 aromatic carbocycles. The standard InChI is InChI=1S/C24H32N4O2/c1-18-4-2-5-21(26-18)16-25-20-11-14-27(15-12-20)22-9-7-19(8-10-22)24(30)28-13-3-6-23(29)17-28/h2,4-5,7-10,20,23,25,29H,3,6,11-17H2,1H3/t23-/m0/s1. The smallest absolute Gasteiger partial charge is 0.253 e. The fourth-order valence-electron chi connectivity index (χ4n) is 4.43. The van der Waals surface area contributed by atoms with E-state index in [9.17, 15) is 9.90 Å². The number of benzene rings is 1. The molecule has 1 aromatic heterocycles. The van der Waals surface area contributed by atoms with Gasteiger partial charge in [0.2, 0.25) is 0 Å². The zero-order valence-corrected chi connectivity index (χ0v) is 17.8. The van der Waals surface area contributed by atoms with Crippen LogP contribution >= 0.6 is 0 Å². The second-order valence-electron chi connectivity index (χ2n) is 8.51. The molecular formula is C24H32N4O2. The Bertz CT molecular complexity index is 847. The van der Waals surface area contributed by atoms with Crippen LogP contribution in [0.1, 0.15) is 47.4 Å². The van der Waals surface area contributed by atoms with Crippen molar-refractivity contribution in [3.63, 3.8) is 0 Å². The van der Waals surface area contributed by atoms with Gasteiger partial charge in [0.1, 0.15) is 0 Å². The number of aromatic nitrogens is 1. The average Bonchev–Trinajstić information content (AvgIpc) is 2.78. The number of nitrogens with zero attached hydrogens (tertiary/aromatic N) is 3. The van der Waals surface area contributed by atoms with Gasteiger partial charge in [-0.3, -0.25) is 9.78 Å². The number of rotatable bonds is 5. The van der Waals surface area contributed by atoms with Gasteiger partial charge in [-0.1, -0.05) is 6.07 Å². The molecule has 4 rings (SSSR count). The molecule has 2 fully saturated rings. The average molecular weight is 409 g/mol. The summed E-state index contributed by atoms with van der Waals surface area (Å²) in [6, 6.07) is 14.6. The summed E-state index contributed by atoms with van der Waals surface area (Å²) in [6.45, 7) is 6.02. The number of anilines is 1. The van der Waals surface area contributed by atoms with E-state index in [0.717, 1.165) is 63.3 Å². The summed E-state index contributed by atoms with van der Waals surface area (Å²) in [6.07, 6.45) is 3.46. The Labute approximate surface area is 178 Å². The Hall–Kier alpha value is -2.44. The van der Waals surface area contributed by atoms with Crippen molar-refractivity contribution in [1.82, 2.24) is 15.2 Å². The number of amides is 1. The number of aryl methyl sites for hydroxylation is 1. The number of β-amino-alcohol motifs (C(OH)–C–C–N with tert-alkyl or cyclic N) is 1. The van der Waals surface area contributed by atoms with Crippen molar-refractivity contribution in [2.75, 3.05) is 31.1 Å². The van der Waals surface area contributed by atoms with Crippen molar-refractivity contribution in [3.8, 4) is 0 Å². The van der Waals surface area contributed by atoms with Gasteiger partial charge in [0.15, 0.2) is 0 Å². The fourth-order valence-corrected chi connectivity index (χ4v) is 4.43. The monoisotopic (exact) mass is 408 g/mol. The SMILES string of the molecule is Cc1cccc(CNC2CCN(c3ccc(C(=O)N4CCC[C@H](O)C4)cc3)CC2)n1. The van der Waals surface area contributed by atoms with Gasteiger partial charge in [0, 0.05) is 55.7 Å². The molecule has 0 unspecified atom stereocenters. The van der Waals surface area contributed by atoms with Crippen LogP contribution in [0.5, 0.6) is 0 Å². The van der Waals surface area contributed by atoms with E-state index in [1.807, 2.05) is 25.1 Å². The highest BCUT2D eigenvalue weighted by atomic mass is 16.3. The maximum atomic E-state index is 12.7. The van der Waals surface area contributed by atoms with Gasteiger partial charge in [0.05, 0.1) is 11.8 Å². The van der Waals surface area contributed by atoms with Crippen molar-refractivity contribution in [2.45, 2.75) is 51.3 Å². The molecule has 3 heterocycles. The first-order valence-corrected chi connectivity index (χ1v) is 11.1. The van der Waals surface area contributed by atoms with Crippen LogP contribution in [0, 0.1) is 6.92 Å². The van der Waals surface area contributed by atoms with Crippen molar-refractivity contribution < 1.29 is 9.90 Å². The predicted octanol–water partition coefficient (Wildman–Crippen LogP) is 2.75. The lowest BCUT2D eigenvalue weighted by Crippen LogP contribution is -2.42. The van der Waals surface area contributed by atoms with Crippen molar-refractivity contribution in [2.24, 2.45) is 0 Å². The van der Waals surface area contributed by atoms with Crippen LogP contribution in [0.3, 0.4) is 0 Å². The first-order valence-electron chi connectivity index (χ1n) is 11.1. The predicted molar refractivity (Wildman–Crippen MR) is 119 cm³/mol. The molecule has 6 heteroatoms. The summed E-state index contributed by atoms with van der Waals surface area (Å²) in [7, 11) is 0. The van der Waals surface area contributed by atoms with E-state index in [1.165, 1.54) is 5.69 Å². The molecule has 1 atom stereocenters. The molecule has 0 saturated carbocycles. The Kier molecular flexibility index (Phi) is 6.65. The molecule has 30 heavy (non-hydrogen) atoms. The molecule has 6 nitrogen and oxygen atoms in total. The lowest BCUT2D eigenvalue weighted by Gasteiger charge is -2.34. The van der Waals surface area contributed by atoms with Crippen LogP contribution in [-0.4, -0.2) is 59.2 Å². The Morgan fingerprint density at radius 3 is 2.57 bits per heavy atom. The van der Waals surface area contributed by atoms with Crippen LogP contribution in [0.2, 0.25) is 0 Å². The third-order valence-electron chi connectivity index (χ3n) is 6.18. The summed E-state index contributed by atoms with van der Waals surface area (Å²) in [5.74, 6) is 0.0213. The lowest BCUT2D eigenvalue weighted by molar-refractivity contribution is 0.0474. The van der Waals surface area contributed by atoms with E-state index in [-0.39, 0.29) is 5.91 Å². The zero-order chi connectivity index (χ0) is 20.9. The normalized spacial score (nSPS) is 20.4. The number of carbonyl (C=O) groups excluding carboxylic acids is 1. The first kappa shape index (κ1) is 20.8. The maximum Gasteiger partial charge on any atom is 0.253 e. The van der Waals surface area contributed by atoms with Gasteiger partial charge in [-0.2, -0.15) is 0 Å². The van der Waals surface area contributed by atoms with E-state index in [2.05, 4.69) is 39.5 Å². The molecule has 2 aromatic rings. The van der Waals surface area contributed by atoms with Gasteiger partial charge in [-0.15, -0.1) is 0 Å². The number of pyridine rings is 1. The highest BCUT2D eigenvalue weighted by molar-refractivity contribution is 5.94. The lowest BCUT2D eigenvalue weighted by atomic mass is 10.0. The van der Waals surface area contributed by atoms with Gasteiger partial charge < -0.3 is 20.2 Å².